The zero-order chi connectivity index (χ0) is 28.9. The number of carbonyl (C=O) groups is 3. The number of hydrogen-bond donors (Lipinski definition) is 1. The molecular formula is C31H37N3O7. The summed E-state index contributed by atoms with van der Waals surface area (Å²) in [7, 11) is 1.47. The molecule has 0 radical (unpaired) electrons. The predicted molar refractivity (Wildman–Crippen MR) is 150 cm³/mol. The Morgan fingerprint density at radius 1 is 1.00 bits per heavy atom. The van der Waals surface area contributed by atoms with Crippen molar-refractivity contribution in [2.75, 3.05) is 40.0 Å². The minimum absolute atomic E-state index is 0.0207. The van der Waals surface area contributed by atoms with E-state index in [9.17, 15) is 14.4 Å². The Morgan fingerprint density at radius 3 is 2.37 bits per heavy atom. The molecule has 1 saturated heterocycles. The number of ketones is 1. The Morgan fingerprint density at radius 2 is 1.68 bits per heavy atom. The fraction of sp³-hybridized carbons (Fsp3) is 0.419. The van der Waals surface area contributed by atoms with Gasteiger partial charge in [-0.05, 0) is 24.0 Å². The van der Waals surface area contributed by atoms with Gasteiger partial charge in [0.15, 0.2) is 17.2 Å². The van der Waals surface area contributed by atoms with Crippen molar-refractivity contribution in [3.05, 3.63) is 89.3 Å². The number of methoxy groups -OCH3 is 1. The van der Waals surface area contributed by atoms with Gasteiger partial charge in [-0.25, -0.2) is 0 Å². The highest BCUT2D eigenvalue weighted by molar-refractivity contribution is 5.97. The molecule has 1 fully saturated rings. The molecule has 2 aromatic carbocycles. The number of nitrogens with zero attached hydrogens (tertiary/aromatic N) is 2. The van der Waals surface area contributed by atoms with E-state index < -0.39 is 23.8 Å². The van der Waals surface area contributed by atoms with E-state index in [0.717, 1.165) is 24.2 Å². The van der Waals surface area contributed by atoms with Gasteiger partial charge in [-0.1, -0.05) is 65.8 Å². The van der Waals surface area contributed by atoms with Crippen molar-refractivity contribution < 1.29 is 33.1 Å². The molecule has 0 unspecified atom stereocenters. The third-order valence-corrected chi connectivity index (χ3v) is 6.91. The first-order chi connectivity index (χ1) is 20.0. The van der Waals surface area contributed by atoms with Crippen LogP contribution in [-0.4, -0.2) is 73.8 Å². The second-order valence-corrected chi connectivity index (χ2v) is 10.0. The molecule has 0 saturated carbocycles. The summed E-state index contributed by atoms with van der Waals surface area (Å²) in [5.41, 5.74) is 1.97. The van der Waals surface area contributed by atoms with Crippen molar-refractivity contribution in [3.8, 4) is 0 Å². The first-order valence-corrected chi connectivity index (χ1v) is 13.8. The average molecular weight is 564 g/mol. The van der Waals surface area contributed by atoms with Crippen molar-refractivity contribution in [2.24, 2.45) is 5.92 Å². The summed E-state index contributed by atoms with van der Waals surface area (Å²) in [6, 6.07) is 19.8. The van der Waals surface area contributed by atoms with Gasteiger partial charge in [-0.2, -0.15) is 0 Å². The van der Waals surface area contributed by atoms with Gasteiger partial charge in [0.2, 0.25) is 0 Å². The number of ether oxygens (including phenoxy) is 3. The van der Waals surface area contributed by atoms with E-state index in [-0.39, 0.29) is 31.1 Å². The summed E-state index contributed by atoms with van der Waals surface area (Å²) < 4.78 is 21.5. The lowest BCUT2D eigenvalue weighted by molar-refractivity contribution is -0.153. The molecule has 218 valence electrons. The Bertz CT molecular complexity index is 1240. The minimum atomic E-state index is -0.844. The highest BCUT2D eigenvalue weighted by Crippen LogP contribution is 2.16. The van der Waals surface area contributed by atoms with E-state index in [0.29, 0.717) is 38.4 Å². The van der Waals surface area contributed by atoms with Crippen molar-refractivity contribution in [1.82, 2.24) is 15.4 Å². The third kappa shape index (κ3) is 9.63. The number of benzene rings is 2. The number of rotatable bonds is 15. The van der Waals surface area contributed by atoms with Crippen LogP contribution in [0.1, 0.15) is 40.2 Å². The molecule has 2 heterocycles. The van der Waals surface area contributed by atoms with Crippen LogP contribution in [0.4, 0.5) is 0 Å². The van der Waals surface area contributed by atoms with Crippen LogP contribution in [0, 0.1) is 5.92 Å². The fourth-order valence-corrected chi connectivity index (χ4v) is 4.62. The van der Waals surface area contributed by atoms with Crippen molar-refractivity contribution in [3.63, 3.8) is 0 Å². The van der Waals surface area contributed by atoms with E-state index in [1.54, 1.807) is 6.07 Å². The van der Waals surface area contributed by atoms with Crippen LogP contribution in [0.15, 0.2) is 71.3 Å². The molecule has 1 aromatic heterocycles. The Hall–Kier alpha value is -3.86. The molecule has 0 spiro atoms. The molecule has 10 heteroatoms. The number of carbonyl (C=O) groups excluding carboxylic acids is 3. The van der Waals surface area contributed by atoms with Gasteiger partial charge in [0.1, 0.15) is 6.61 Å². The van der Waals surface area contributed by atoms with Crippen LogP contribution >= 0.6 is 0 Å². The number of aromatic nitrogens is 1. The molecule has 1 N–H and O–H groups in total. The molecule has 0 bridgehead atoms. The standard InChI is InChI=1S/C31H37N3O7/c1-38-22-25(31(37)40-21-24-10-6-3-7-11-24)18-29(35)27(13-12-23-8-4-2-5-9-23)32-30(36)28-19-26(41-33-28)20-34-14-16-39-17-15-34/h2-11,19,25,27H,12-18,20-22H2,1H3,(H,32,36)/t25-,27-/m0/s1. The van der Waals surface area contributed by atoms with Gasteiger partial charge in [-0.15, -0.1) is 0 Å². The van der Waals surface area contributed by atoms with Crippen LogP contribution in [-0.2, 0) is 43.4 Å². The zero-order valence-electron chi connectivity index (χ0n) is 23.3. The maximum absolute atomic E-state index is 13.5. The number of amides is 1. The molecule has 3 aromatic rings. The molecule has 1 aliphatic heterocycles. The van der Waals surface area contributed by atoms with Crippen LogP contribution in [0.2, 0.25) is 0 Å². The number of Topliss-reactive ketones (excluding diaryl/α,β-unsaturated/α-hetero) is 1. The number of esters is 1. The van der Waals surface area contributed by atoms with Gasteiger partial charge >= 0.3 is 5.97 Å². The Balaban J connectivity index is 1.40. The molecule has 1 amide bonds. The lowest BCUT2D eigenvalue weighted by Crippen LogP contribution is -2.43. The van der Waals surface area contributed by atoms with Gasteiger partial charge in [0.25, 0.3) is 5.91 Å². The lowest BCUT2D eigenvalue weighted by Gasteiger charge is -2.25. The second-order valence-electron chi connectivity index (χ2n) is 10.0. The van der Waals surface area contributed by atoms with E-state index >= 15 is 0 Å². The number of nitrogens with one attached hydrogen (secondary N) is 1. The van der Waals surface area contributed by atoms with Crippen molar-refractivity contribution in [1.29, 1.82) is 0 Å². The monoisotopic (exact) mass is 563 g/mol. The molecule has 41 heavy (non-hydrogen) atoms. The summed E-state index contributed by atoms with van der Waals surface area (Å²) in [5, 5.41) is 6.76. The summed E-state index contributed by atoms with van der Waals surface area (Å²) in [6.45, 7) is 3.48. The van der Waals surface area contributed by atoms with E-state index in [4.69, 9.17) is 18.7 Å². The van der Waals surface area contributed by atoms with Gasteiger partial charge in [0, 0.05) is 32.7 Å². The lowest BCUT2D eigenvalue weighted by atomic mass is 9.95. The molecule has 4 rings (SSSR count). The highest BCUT2D eigenvalue weighted by atomic mass is 16.5. The van der Waals surface area contributed by atoms with Crippen LogP contribution in [0.3, 0.4) is 0 Å². The third-order valence-electron chi connectivity index (χ3n) is 6.91. The topological polar surface area (TPSA) is 120 Å². The molecular weight excluding hydrogens is 526 g/mol. The first-order valence-electron chi connectivity index (χ1n) is 13.8. The Kier molecular flexibility index (Phi) is 11.6. The second kappa shape index (κ2) is 15.8. The summed E-state index contributed by atoms with van der Waals surface area (Å²) >= 11 is 0. The summed E-state index contributed by atoms with van der Waals surface area (Å²) in [5.74, 6) is -1.57. The molecule has 0 aliphatic carbocycles. The zero-order valence-corrected chi connectivity index (χ0v) is 23.3. The van der Waals surface area contributed by atoms with E-state index in [1.807, 2.05) is 60.7 Å². The van der Waals surface area contributed by atoms with Crippen LogP contribution in [0.5, 0.6) is 0 Å². The van der Waals surface area contributed by atoms with Crippen molar-refractivity contribution >= 4 is 17.7 Å². The maximum atomic E-state index is 13.5. The van der Waals surface area contributed by atoms with Gasteiger partial charge in [0.05, 0.1) is 38.3 Å². The fourth-order valence-electron chi connectivity index (χ4n) is 4.62. The van der Waals surface area contributed by atoms with Crippen LogP contribution < -0.4 is 5.32 Å². The first kappa shape index (κ1) is 30.1. The number of aryl methyl sites for hydroxylation is 1. The molecule has 10 nitrogen and oxygen atoms in total. The van der Waals surface area contributed by atoms with Gasteiger partial charge < -0.3 is 24.1 Å². The predicted octanol–water partition coefficient (Wildman–Crippen LogP) is 3.20. The quantitative estimate of drug-likeness (QED) is 0.278. The Labute approximate surface area is 239 Å². The summed E-state index contributed by atoms with van der Waals surface area (Å²) in [4.78, 5) is 41.7. The number of morpholine rings is 1. The largest absolute Gasteiger partial charge is 0.461 e. The SMILES string of the molecule is COC[C@H](CC(=O)[C@H](CCc1ccccc1)NC(=O)c1cc(CN2CCOCC2)on1)C(=O)OCc1ccccc1. The van der Waals surface area contributed by atoms with Crippen LogP contribution in [0.25, 0.3) is 0 Å². The maximum Gasteiger partial charge on any atom is 0.312 e. The smallest absolute Gasteiger partial charge is 0.312 e. The van der Waals surface area contributed by atoms with Gasteiger partial charge in [-0.3, -0.25) is 19.3 Å². The van der Waals surface area contributed by atoms with Crippen molar-refractivity contribution in [2.45, 2.75) is 38.5 Å². The van der Waals surface area contributed by atoms with E-state index in [2.05, 4.69) is 15.4 Å². The molecule has 1 aliphatic rings. The average Bonchev–Trinajstić information content (AvgIpc) is 3.48. The minimum Gasteiger partial charge on any atom is -0.461 e. The summed E-state index contributed by atoms with van der Waals surface area (Å²) in [6.07, 6.45) is 0.778. The van der Waals surface area contributed by atoms with E-state index in [1.165, 1.54) is 7.11 Å². The normalized spacial score (nSPS) is 15.1. The molecule has 2 atom stereocenters. The number of hydrogen-bond acceptors (Lipinski definition) is 9. The highest BCUT2D eigenvalue weighted by Gasteiger charge is 2.29.